The molecule has 10 aromatic carbocycles. The van der Waals surface area contributed by atoms with Crippen LogP contribution in [0, 0.1) is 5.82 Å². The highest BCUT2D eigenvalue weighted by Gasteiger charge is 2.20. The van der Waals surface area contributed by atoms with Gasteiger partial charge in [0.15, 0.2) is 17.5 Å². The average Bonchev–Trinajstić information content (AvgIpc) is 3.70. The molecule has 0 bridgehead atoms. The minimum absolute atomic E-state index is 0.282. The Morgan fingerprint density at radius 2 is 0.852 bits per heavy atom. The van der Waals surface area contributed by atoms with Gasteiger partial charge in [-0.1, -0.05) is 133 Å². The molecule has 0 aliphatic carbocycles. The number of para-hydroxylation sites is 1. The van der Waals surface area contributed by atoms with Crippen molar-refractivity contribution in [2.24, 2.45) is 0 Å². The number of hydrogen-bond donors (Lipinski definition) is 0. The summed E-state index contributed by atoms with van der Waals surface area (Å²) in [6.07, 6.45) is 0. The number of aromatic nitrogens is 3. The van der Waals surface area contributed by atoms with Gasteiger partial charge in [0.1, 0.15) is 17.0 Å². The molecule has 12 rings (SSSR count). The van der Waals surface area contributed by atoms with Gasteiger partial charge in [-0.2, -0.15) is 0 Å². The largest absolute Gasteiger partial charge is 0.456 e. The summed E-state index contributed by atoms with van der Waals surface area (Å²) >= 11 is 0. The lowest BCUT2D eigenvalue weighted by Gasteiger charge is -2.25. The summed E-state index contributed by atoms with van der Waals surface area (Å²) < 4.78 is 20.5. The Kier molecular flexibility index (Phi) is 7.96. The Balaban J connectivity index is 0.979. The minimum atomic E-state index is -0.282. The van der Waals surface area contributed by atoms with Crippen molar-refractivity contribution in [2.45, 2.75) is 0 Å². The molecule has 0 amide bonds. The Bertz CT molecular complexity index is 3530. The molecule has 2 aromatic heterocycles. The van der Waals surface area contributed by atoms with Crippen LogP contribution in [0.4, 0.5) is 21.5 Å². The van der Waals surface area contributed by atoms with Crippen molar-refractivity contribution in [1.82, 2.24) is 15.0 Å². The third-order valence-corrected chi connectivity index (χ3v) is 11.7. The van der Waals surface area contributed by atoms with Crippen LogP contribution in [-0.2, 0) is 0 Å². The molecule has 0 fully saturated rings. The Hall–Kier alpha value is -8.22. The quantitative estimate of drug-likeness (QED) is 0.151. The van der Waals surface area contributed by atoms with Gasteiger partial charge in [-0.05, 0) is 104 Å². The Morgan fingerprint density at radius 1 is 0.361 bits per heavy atom. The zero-order valence-corrected chi connectivity index (χ0v) is 32.6. The van der Waals surface area contributed by atoms with Crippen molar-refractivity contribution in [3.05, 3.63) is 206 Å². The lowest BCUT2D eigenvalue weighted by atomic mass is 9.88. The van der Waals surface area contributed by atoms with Crippen LogP contribution in [0.1, 0.15) is 0 Å². The van der Waals surface area contributed by atoms with E-state index < -0.39 is 0 Å². The summed E-state index contributed by atoms with van der Waals surface area (Å²) in [6.45, 7) is 0. The van der Waals surface area contributed by atoms with Gasteiger partial charge in [0.05, 0.1) is 0 Å². The van der Waals surface area contributed by atoms with E-state index in [9.17, 15) is 4.39 Å². The lowest BCUT2D eigenvalue weighted by Crippen LogP contribution is -2.09. The summed E-state index contributed by atoms with van der Waals surface area (Å²) in [5.74, 6) is 1.62. The van der Waals surface area contributed by atoms with Gasteiger partial charge >= 0.3 is 0 Å². The molecule has 5 nitrogen and oxygen atoms in total. The van der Waals surface area contributed by atoms with E-state index in [1.54, 1.807) is 0 Å². The predicted molar refractivity (Wildman–Crippen MR) is 247 cm³/mol. The molecule has 0 N–H and O–H groups in total. The molecule has 61 heavy (non-hydrogen) atoms. The molecule has 12 aromatic rings. The third-order valence-electron chi connectivity index (χ3n) is 11.7. The third kappa shape index (κ3) is 5.88. The maximum atomic E-state index is 14.2. The van der Waals surface area contributed by atoms with E-state index in [1.807, 2.05) is 91.0 Å². The summed E-state index contributed by atoms with van der Waals surface area (Å²) in [5, 5.41) is 9.08. The monoisotopic (exact) mass is 784 g/mol. The van der Waals surface area contributed by atoms with Gasteiger partial charge < -0.3 is 9.32 Å². The number of anilines is 3. The number of fused-ring (bicyclic) bond motifs is 3. The zero-order valence-electron chi connectivity index (χ0n) is 32.6. The molecule has 0 aliphatic heterocycles. The van der Waals surface area contributed by atoms with Crippen molar-refractivity contribution < 1.29 is 8.81 Å². The first kappa shape index (κ1) is 34.8. The summed E-state index contributed by atoms with van der Waals surface area (Å²) in [5.41, 5.74) is 9.38. The van der Waals surface area contributed by atoms with Crippen molar-refractivity contribution in [2.75, 3.05) is 4.90 Å². The molecule has 0 spiro atoms. The summed E-state index contributed by atoms with van der Waals surface area (Å²) in [4.78, 5) is 17.3. The van der Waals surface area contributed by atoms with Gasteiger partial charge in [0.2, 0.25) is 0 Å². The van der Waals surface area contributed by atoms with Crippen molar-refractivity contribution in [3.63, 3.8) is 0 Å². The fraction of sp³-hybridized carbons (Fsp3) is 0. The summed E-state index contributed by atoms with van der Waals surface area (Å²) in [6, 6.07) is 67.3. The minimum Gasteiger partial charge on any atom is -0.456 e. The maximum Gasteiger partial charge on any atom is 0.164 e. The molecule has 0 saturated heterocycles. The standard InChI is InChI=1S/C55H33FN4O/c56-39-21-25-41(26-22-39)60(42-27-32-45-44-13-7-8-14-49(44)61-50(45)33-42)40-23-15-34(16-24-40)43-28-17-35-19-30-47-48(31-20-36-18-29-46(43)51(35)52(36)47)55-58-53(37-9-3-1-4-10-37)57-54(59-55)38-11-5-2-6-12-38/h1-33H. The molecule has 6 heteroatoms. The van der Waals surface area contributed by atoms with Crippen LogP contribution in [0.2, 0.25) is 0 Å². The smallest absolute Gasteiger partial charge is 0.164 e. The van der Waals surface area contributed by atoms with Crippen LogP contribution in [-0.4, -0.2) is 15.0 Å². The van der Waals surface area contributed by atoms with E-state index in [1.165, 1.54) is 28.3 Å². The predicted octanol–water partition coefficient (Wildman–Crippen LogP) is 14.9. The van der Waals surface area contributed by atoms with E-state index >= 15 is 0 Å². The zero-order chi connectivity index (χ0) is 40.4. The van der Waals surface area contributed by atoms with Crippen LogP contribution >= 0.6 is 0 Å². The lowest BCUT2D eigenvalue weighted by molar-refractivity contribution is 0.628. The number of furan rings is 1. The van der Waals surface area contributed by atoms with Crippen LogP contribution < -0.4 is 4.90 Å². The number of benzene rings is 10. The SMILES string of the molecule is Fc1ccc(N(c2ccc(-c3ccc4ccc5c(-c6nc(-c7ccccc7)nc(-c7ccccc7)n6)ccc6ccc3c4c65)cc2)c2ccc3c(c2)oc2ccccc23)cc1. The molecular weight excluding hydrogens is 752 g/mol. The first-order chi connectivity index (χ1) is 30.1. The van der Waals surface area contributed by atoms with Gasteiger partial charge in [-0.15, -0.1) is 0 Å². The van der Waals surface area contributed by atoms with Crippen molar-refractivity contribution in [1.29, 1.82) is 0 Å². The highest BCUT2D eigenvalue weighted by molar-refractivity contribution is 6.27. The normalized spacial score (nSPS) is 11.7. The van der Waals surface area contributed by atoms with E-state index in [0.29, 0.717) is 17.5 Å². The topological polar surface area (TPSA) is 55.1 Å². The molecule has 0 unspecified atom stereocenters. The molecule has 286 valence electrons. The van der Waals surface area contributed by atoms with Gasteiger partial charge in [-0.25, -0.2) is 19.3 Å². The molecule has 0 saturated carbocycles. The second kappa shape index (κ2) is 14.0. The number of hydrogen-bond acceptors (Lipinski definition) is 5. The molecule has 0 atom stereocenters. The van der Waals surface area contributed by atoms with E-state index in [2.05, 4.69) is 102 Å². The summed E-state index contributed by atoms with van der Waals surface area (Å²) in [7, 11) is 0. The Morgan fingerprint density at radius 3 is 1.51 bits per heavy atom. The highest BCUT2D eigenvalue weighted by atomic mass is 19.1. The van der Waals surface area contributed by atoms with Crippen LogP contribution in [0.5, 0.6) is 0 Å². The number of halogens is 1. The van der Waals surface area contributed by atoms with Crippen LogP contribution in [0.3, 0.4) is 0 Å². The van der Waals surface area contributed by atoms with Gasteiger partial charge in [0, 0.05) is 50.6 Å². The fourth-order valence-corrected chi connectivity index (χ4v) is 8.86. The second-order valence-electron chi connectivity index (χ2n) is 15.3. The van der Waals surface area contributed by atoms with Gasteiger partial charge in [-0.3, -0.25) is 0 Å². The first-order valence-electron chi connectivity index (χ1n) is 20.3. The molecule has 0 radical (unpaired) electrons. The number of nitrogens with zero attached hydrogens (tertiary/aromatic N) is 4. The number of rotatable bonds is 7. The first-order valence-corrected chi connectivity index (χ1v) is 20.3. The Labute approximate surface area is 350 Å². The highest BCUT2D eigenvalue weighted by Crippen LogP contribution is 2.44. The average molecular weight is 785 g/mol. The van der Waals surface area contributed by atoms with E-state index in [-0.39, 0.29) is 5.82 Å². The molecule has 2 heterocycles. The van der Waals surface area contributed by atoms with E-state index in [4.69, 9.17) is 19.4 Å². The van der Waals surface area contributed by atoms with Gasteiger partial charge in [0.25, 0.3) is 0 Å². The molecule has 0 aliphatic rings. The second-order valence-corrected chi connectivity index (χ2v) is 15.3. The van der Waals surface area contributed by atoms with Crippen LogP contribution in [0.25, 0.3) is 99.5 Å². The van der Waals surface area contributed by atoms with Crippen molar-refractivity contribution in [3.8, 4) is 45.3 Å². The van der Waals surface area contributed by atoms with E-state index in [0.717, 1.165) is 83.0 Å². The maximum absolute atomic E-state index is 14.2. The fourth-order valence-electron chi connectivity index (χ4n) is 8.86. The van der Waals surface area contributed by atoms with Crippen LogP contribution in [0.15, 0.2) is 205 Å². The molecular formula is C55H33FN4O. The van der Waals surface area contributed by atoms with Crippen molar-refractivity contribution >= 4 is 71.3 Å².